The molecule has 190 valence electrons. The third-order valence-corrected chi connectivity index (χ3v) is 4.41. The van der Waals surface area contributed by atoms with Gasteiger partial charge in [0.1, 0.15) is 6.67 Å². The first kappa shape index (κ1) is 30.1. The zero-order chi connectivity index (χ0) is 25.3. The van der Waals surface area contributed by atoms with Crippen molar-refractivity contribution in [2.75, 3.05) is 74.6 Å². The summed E-state index contributed by atoms with van der Waals surface area (Å²) in [5.74, 6) is 0.582. The van der Waals surface area contributed by atoms with Gasteiger partial charge in [-0.2, -0.15) is 4.99 Å². The minimum atomic E-state index is 0.107. The highest BCUT2D eigenvalue weighted by Crippen LogP contribution is 2.01. The van der Waals surface area contributed by atoms with Gasteiger partial charge in [0.05, 0.1) is 54.9 Å². The summed E-state index contributed by atoms with van der Waals surface area (Å²) < 4.78 is 1.81. The number of guanidine groups is 4. The Balaban J connectivity index is 4.32. The predicted octanol–water partition coefficient (Wildman–Crippen LogP) is -1.09. The Morgan fingerprint density at radius 1 is 0.788 bits per heavy atom. The van der Waals surface area contributed by atoms with E-state index in [9.17, 15) is 0 Å². The van der Waals surface area contributed by atoms with E-state index in [1.165, 1.54) is 0 Å². The third-order valence-electron chi connectivity index (χ3n) is 4.41. The van der Waals surface area contributed by atoms with E-state index < -0.39 is 0 Å². The second-order valence-electron chi connectivity index (χ2n) is 9.50. The van der Waals surface area contributed by atoms with Gasteiger partial charge in [-0.1, -0.05) is 13.3 Å². The molecule has 0 aliphatic carbocycles. The van der Waals surface area contributed by atoms with E-state index in [0.717, 1.165) is 47.9 Å². The van der Waals surface area contributed by atoms with E-state index in [0.29, 0.717) is 13.1 Å². The van der Waals surface area contributed by atoms with Crippen LogP contribution in [0.4, 0.5) is 0 Å². The number of aliphatic imine (C=N–C) groups is 4. The molecule has 0 amide bonds. The molecule has 0 aromatic rings. The average Bonchev–Trinajstić information content (AvgIpc) is 2.68. The summed E-state index contributed by atoms with van der Waals surface area (Å²) in [4.78, 5) is 16.5. The topological polar surface area (TPSA) is 178 Å². The summed E-state index contributed by atoms with van der Waals surface area (Å²) >= 11 is 0. The molecular weight excluding hydrogens is 420 g/mol. The number of nitrogens with zero attached hydrogens (tertiary/aromatic N) is 6. The number of hydrogen-bond acceptors (Lipinski definition) is 3. The van der Waals surface area contributed by atoms with Crippen LogP contribution < -0.4 is 33.6 Å². The molecule has 12 nitrogen and oxygen atoms in total. The molecule has 0 saturated carbocycles. The monoisotopic (exact) mass is 468 g/mol. The number of nitrogens with two attached hydrogens (primary N) is 4. The molecule has 0 fully saturated rings. The molecule has 0 spiro atoms. The fourth-order valence-electron chi connectivity index (χ4n) is 2.51. The molecule has 0 bridgehead atoms. The summed E-state index contributed by atoms with van der Waals surface area (Å²) in [7, 11) is 10.9. The van der Waals surface area contributed by atoms with Gasteiger partial charge in [0, 0.05) is 19.5 Å². The molecule has 0 aromatic carbocycles. The molecule has 0 heterocycles. The van der Waals surface area contributed by atoms with Gasteiger partial charge in [-0.25, -0.2) is 4.99 Å². The van der Waals surface area contributed by atoms with Crippen LogP contribution in [0.5, 0.6) is 0 Å². The highest BCUT2D eigenvalue weighted by molar-refractivity contribution is 5.97. The van der Waals surface area contributed by atoms with Gasteiger partial charge < -0.3 is 37.2 Å². The minimum Gasteiger partial charge on any atom is -0.370 e. The highest BCUT2D eigenvalue weighted by atomic mass is 15.3. The third kappa shape index (κ3) is 19.5. The molecular formula is C21H48N12+2. The van der Waals surface area contributed by atoms with E-state index in [4.69, 9.17) is 22.9 Å². The van der Waals surface area contributed by atoms with Crippen LogP contribution in [0.15, 0.2) is 32.1 Å². The summed E-state index contributed by atoms with van der Waals surface area (Å²) in [6.45, 7) is 6.39. The fourth-order valence-corrected chi connectivity index (χ4v) is 2.51. The normalized spacial score (nSPS) is 14.7. The Bertz CT molecular complexity index is 699. The lowest BCUT2D eigenvalue weighted by Gasteiger charge is -2.28. The van der Waals surface area contributed by atoms with Crippen LogP contribution in [0.1, 0.15) is 26.2 Å². The Morgan fingerprint density at radius 3 is 2.03 bits per heavy atom. The first-order valence-electron chi connectivity index (χ1n) is 11.4. The second kappa shape index (κ2) is 15.9. The lowest BCUT2D eigenvalue weighted by Crippen LogP contribution is -2.43. The number of unbranched alkanes of at least 4 members (excludes halogenated alkanes) is 1. The molecule has 33 heavy (non-hydrogen) atoms. The number of nitrogens with one attached hydrogen (secondary N) is 2. The van der Waals surface area contributed by atoms with Crippen LogP contribution >= 0.6 is 0 Å². The number of quaternary nitrogens is 2. The van der Waals surface area contributed by atoms with Crippen molar-refractivity contribution in [1.29, 1.82) is 0 Å². The Labute approximate surface area is 199 Å². The minimum absolute atomic E-state index is 0.107. The number of rotatable bonds is 13. The fraction of sp³-hybridized carbons (Fsp3) is 0.714. The second-order valence-corrected chi connectivity index (χ2v) is 9.50. The molecule has 0 aliphatic rings. The largest absolute Gasteiger partial charge is 0.370 e. The highest BCUT2D eigenvalue weighted by Gasteiger charge is 2.12. The molecule has 0 aliphatic heterocycles. The summed E-state index contributed by atoms with van der Waals surface area (Å²) in [5.41, 5.74) is 23.1. The van der Waals surface area contributed by atoms with E-state index in [2.05, 4.69) is 84.9 Å². The van der Waals surface area contributed by atoms with Crippen LogP contribution in [-0.4, -0.2) is 107 Å². The summed E-state index contributed by atoms with van der Waals surface area (Å²) in [6, 6.07) is 0. The average molecular weight is 469 g/mol. The molecule has 0 atom stereocenters. The van der Waals surface area contributed by atoms with Gasteiger partial charge >= 0.3 is 0 Å². The van der Waals surface area contributed by atoms with E-state index in [1.807, 2.05) is 0 Å². The van der Waals surface area contributed by atoms with Gasteiger partial charge in [0.2, 0.25) is 5.96 Å². The number of hydrogen-bond donors (Lipinski definition) is 6. The van der Waals surface area contributed by atoms with Crippen LogP contribution in [0, 0.1) is 0 Å². The van der Waals surface area contributed by atoms with Crippen LogP contribution in [0.2, 0.25) is 0 Å². The predicted molar refractivity (Wildman–Crippen MR) is 141 cm³/mol. The molecule has 0 unspecified atom stereocenters. The van der Waals surface area contributed by atoms with Gasteiger partial charge in [-0.05, 0) is 18.6 Å². The maximum atomic E-state index is 5.84. The maximum Gasteiger partial charge on any atom is 0.218 e. The van der Waals surface area contributed by atoms with Gasteiger partial charge in [0.15, 0.2) is 17.9 Å². The zero-order valence-electron chi connectivity index (χ0n) is 21.5. The van der Waals surface area contributed by atoms with Crippen LogP contribution in [-0.2, 0) is 0 Å². The van der Waals surface area contributed by atoms with Crippen molar-refractivity contribution >= 4 is 23.8 Å². The molecule has 10 N–H and O–H groups in total. The van der Waals surface area contributed by atoms with Crippen molar-refractivity contribution < 1.29 is 8.97 Å². The smallest absolute Gasteiger partial charge is 0.218 e. The Kier molecular flexibility index (Phi) is 14.5. The summed E-state index contributed by atoms with van der Waals surface area (Å²) in [6.07, 6.45) is 7.39. The van der Waals surface area contributed by atoms with Gasteiger partial charge in [-0.3, -0.25) is 15.3 Å². The first-order valence-corrected chi connectivity index (χ1v) is 11.4. The number of likely N-dealkylation sites (N-methyl/N-ethyl adjacent to an activating group) is 2. The van der Waals surface area contributed by atoms with Crippen LogP contribution in [0.3, 0.4) is 0 Å². The van der Waals surface area contributed by atoms with Gasteiger partial charge in [-0.15, -0.1) is 0 Å². The van der Waals surface area contributed by atoms with Crippen molar-refractivity contribution in [1.82, 2.24) is 10.6 Å². The molecule has 0 rings (SSSR count). The standard InChI is InChI=1S/C21H48N12/c1-7-8-12-26-18(22)30-20(24)28-17-29-21(25)31-19(23)27-13-11-16-33(5,6)15-10-9-14-32(2,3)4/h9-10H,7-8,11-17H2,1-6H3,(H5,22,24,26,28,30)(H5,23,25,27,29,31)/q+2/b10-9+. The molecule has 0 aromatic heterocycles. The molecule has 0 radical (unpaired) electrons. The van der Waals surface area contributed by atoms with E-state index in [1.54, 1.807) is 0 Å². The van der Waals surface area contributed by atoms with Gasteiger partial charge in [0.25, 0.3) is 0 Å². The maximum absolute atomic E-state index is 5.84. The Morgan fingerprint density at radius 2 is 1.39 bits per heavy atom. The SMILES string of the molecule is CCCCN=C(N)N/C(N)=N/CN/C(N)=N/C(N)=NCCC[N+](C)(C)C/C=C/C[N+](C)(C)C. The van der Waals surface area contributed by atoms with Crippen LogP contribution in [0.25, 0.3) is 0 Å². The Hall–Kier alpha value is -2.86. The first-order chi connectivity index (χ1) is 15.3. The lowest BCUT2D eigenvalue weighted by molar-refractivity contribution is -0.884. The van der Waals surface area contributed by atoms with Crippen molar-refractivity contribution in [3.8, 4) is 0 Å². The van der Waals surface area contributed by atoms with E-state index >= 15 is 0 Å². The van der Waals surface area contributed by atoms with Crippen molar-refractivity contribution in [2.24, 2.45) is 42.9 Å². The van der Waals surface area contributed by atoms with Crippen molar-refractivity contribution in [3.05, 3.63) is 12.2 Å². The molecule has 0 saturated heterocycles. The van der Waals surface area contributed by atoms with E-state index in [-0.39, 0.29) is 30.5 Å². The quantitative estimate of drug-likeness (QED) is 0.0657. The van der Waals surface area contributed by atoms with Crippen molar-refractivity contribution in [2.45, 2.75) is 26.2 Å². The summed E-state index contributed by atoms with van der Waals surface area (Å²) in [5, 5.41) is 5.49. The zero-order valence-corrected chi connectivity index (χ0v) is 21.5. The molecule has 12 heteroatoms. The lowest BCUT2D eigenvalue weighted by atomic mass is 10.3. The van der Waals surface area contributed by atoms with Crippen molar-refractivity contribution in [3.63, 3.8) is 0 Å².